The summed E-state index contributed by atoms with van der Waals surface area (Å²) in [6, 6.07) is 1.20. The number of alkyl halides is 5. The zero-order chi connectivity index (χ0) is 30.4. The number of primary amides is 1. The van der Waals surface area contributed by atoms with Gasteiger partial charge in [0.2, 0.25) is 11.8 Å². The minimum absolute atomic E-state index is 0.0103. The first kappa shape index (κ1) is 29.9. The highest BCUT2D eigenvalue weighted by Crippen LogP contribution is 2.47. The predicted molar refractivity (Wildman–Crippen MR) is 140 cm³/mol. The van der Waals surface area contributed by atoms with Gasteiger partial charge in [-0.2, -0.15) is 18.3 Å². The van der Waals surface area contributed by atoms with Crippen LogP contribution in [-0.4, -0.2) is 43.7 Å². The average molecular weight is 597 g/mol. The summed E-state index contributed by atoms with van der Waals surface area (Å²) in [5.74, 6) is -4.89. The molecule has 0 radical (unpaired) electrons. The van der Waals surface area contributed by atoms with Gasteiger partial charge in [0.25, 0.3) is 5.91 Å². The van der Waals surface area contributed by atoms with Crippen LogP contribution in [0, 0.1) is 11.8 Å². The summed E-state index contributed by atoms with van der Waals surface area (Å²) in [4.78, 5) is 29.2. The van der Waals surface area contributed by atoms with Gasteiger partial charge in [-0.15, -0.1) is 0 Å². The summed E-state index contributed by atoms with van der Waals surface area (Å²) in [6.45, 7) is 3.71. The van der Waals surface area contributed by atoms with Crippen LogP contribution < -0.4 is 11.1 Å². The van der Waals surface area contributed by atoms with Crippen molar-refractivity contribution in [3.05, 3.63) is 46.7 Å². The number of nitrogens with one attached hydrogen (secondary N) is 1. The Morgan fingerprint density at radius 2 is 1.86 bits per heavy atom. The molecule has 3 aromatic rings. The second kappa shape index (κ2) is 11.3. The molecule has 228 valence electrons. The van der Waals surface area contributed by atoms with Crippen LogP contribution in [0.1, 0.15) is 116 Å². The van der Waals surface area contributed by atoms with E-state index in [2.05, 4.69) is 15.6 Å². The minimum atomic E-state index is -4.43. The van der Waals surface area contributed by atoms with Gasteiger partial charge in [0.15, 0.2) is 11.3 Å². The Kier molecular flexibility index (Phi) is 8.01. The highest BCUT2D eigenvalue weighted by Gasteiger charge is 2.42. The molecule has 2 amide bonds. The van der Waals surface area contributed by atoms with E-state index in [0.29, 0.717) is 28.2 Å². The first-order valence-electron chi connectivity index (χ1n) is 14.1. The summed E-state index contributed by atoms with van der Waals surface area (Å²) in [5, 5.41) is 11.1. The van der Waals surface area contributed by atoms with Crippen LogP contribution in [0.5, 0.6) is 0 Å². The molecule has 3 aromatic heterocycles. The Morgan fingerprint density at radius 3 is 2.45 bits per heavy atom. The van der Waals surface area contributed by atoms with Gasteiger partial charge >= 0.3 is 6.18 Å². The lowest BCUT2D eigenvalue weighted by atomic mass is 9.74. The third-order valence-corrected chi connectivity index (χ3v) is 8.17. The molecule has 3 N–H and O–H groups in total. The number of carbonyl (C=O) groups excluding carboxylic acids is 2. The Hall–Kier alpha value is -3.58. The number of hydrogen-bond acceptors (Lipinski definition) is 6. The second-order valence-corrected chi connectivity index (χ2v) is 11.8. The Morgan fingerprint density at radius 1 is 1.17 bits per heavy atom. The molecular weight excluding hydrogens is 563 g/mol. The summed E-state index contributed by atoms with van der Waals surface area (Å²) < 4.78 is 73.3. The van der Waals surface area contributed by atoms with Crippen molar-refractivity contribution in [3.63, 3.8) is 0 Å². The van der Waals surface area contributed by atoms with Gasteiger partial charge in [-0.3, -0.25) is 9.59 Å². The first-order valence-corrected chi connectivity index (χ1v) is 14.1. The molecule has 5 rings (SSSR count). The average Bonchev–Trinajstić information content (AvgIpc) is 3.50. The SMILES string of the molecule is CC(C)c1c(C(N)=O)noc1[C@H](c1cn2ncc([C@H](NC(=O)CCC(F)(F)F)C3CC3)cc2n1)C1CCC(F)(F)CC1. The van der Waals surface area contributed by atoms with Crippen LogP contribution >= 0.6 is 0 Å². The minimum Gasteiger partial charge on any atom is -0.364 e. The lowest BCUT2D eigenvalue weighted by Gasteiger charge is -2.32. The monoisotopic (exact) mass is 596 g/mol. The number of imidazole rings is 1. The van der Waals surface area contributed by atoms with Gasteiger partial charge in [0.1, 0.15) is 5.76 Å². The third-order valence-electron chi connectivity index (χ3n) is 8.17. The van der Waals surface area contributed by atoms with E-state index in [0.717, 1.165) is 12.8 Å². The number of amides is 2. The Balaban J connectivity index is 1.49. The van der Waals surface area contributed by atoms with Crippen molar-refractivity contribution < 1.29 is 36.1 Å². The van der Waals surface area contributed by atoms with Crippen LogP contribution in [0.4, 0.5) is 22.0 Å². The number of fused-ring (bicyclic) bond motifs is 1. The predicted octanol–water partition coefficient (Wildman–Crippen LogP) is 5.81. The molecule has 2 aliphatic rings. The fraction of sp³-hybridized carbons (Fsp3) is 0.607. The van der Waals surface area contributed by atoms with Crippen molar-refractivity contribution in [1.82, 2.24) is 25.1 Å². The van der Waals surface area contributed by atoms with Crippen LogP contribution in [0.2, 0.25) is 0 Å². The number of halogens is 5. The molecule has 9 nitrogen and oxygen atoms in total. The van der Waals surface area contributed by atoms with Crippen LogP contribution in [0.3, 0.4) is 0 Å². The fourth-order valence-corrected chi connectivity index (χ4v) is 5.89. The van der Waals surface area contributed by atoms with Gasteiger partial charge in [0.05, 0.1) is 36.5 Å². The zero-order valence-corrected chi connectivity index (χ0v) is 23.3. The number of aromatic nitrogens is 4. The maximum atomic E-state index is 14.1. The van der Waals surface area contributed by atoms with Crippen molar-refractivity contribution in [1.29, 1.82) is 0 Å². The molecule has 2 saturated carbocycles. The maximum Gasteiger partial charge on any atom is 0.389 e. The highest BCUT2D eigenvalue weighted by molar-refractivity contribution is 5.92. The largest absolute Gasteiger partial charge is 0.389 e. The molecule has 42 heavy (non-hydrogen) atoms. The van der Waals surface area contributed by atoms with Crippen LogP contribution in [-0.2, 0) is 4.79 Å². The summed E-state index contributed by atoms with van der Waals surface area (Å²) in [6.07, 6.45) is -1.66. The molecule has 0 aliphatic heterocycles. The van der Waals surface area contributed by atoms with E-state index in [9.17, 15) is 31.5 Å². The summed E-state index contributed by atoms with van der Waals surface area (Å²) >= 11 is 0. The molecule has 0 saturated heterocycles. The molecule has 3 heterocycles. The molecule has 0 spiro atoms. The molecule has 0 aromatic carbocycles. The topological polar surface area (TPSA) is 128 Å². The number of nitrogens with two attached hydrogens (primary N) is 1. The van der Waals surface area contributed by atoms with Gasteiger partial charge in [-0.05, 0) is 55.1 Å². The van der Waals surface area contributed by atoms with Crippen molar-refractivity contribution in [2.75, 3.05) is 0 Å². The Bertz CT molecular complexity index is 1450. The highest BCUT2D eigenvalue weighted by atomic mass is 19.4. The molecule has 0 unspecified atom stereocenters. The van der Waals surface area contributed by atoms with E-state index < -0.39 is 48.7 Å². The van der Waals surface area contributed by atoms with Crippen molar-refractivity contribution in [2.24, 2.45) is 17.6 Å². The standard InChI is InChI=1S/C28H33F5N6O3/c1-14(2)21-24(26(34)41)38-42-25(21)22(15-5-8-27(29,30)9-6-15)18-13-39-19(36-18)11-17(12-35-39)23(16-3-4-16)37-20(40)7-10-28(31,32)33/h11-16,22-23H,3-10H2,1-2H3,(H2,34,41)(H,37,40)/t22-,23+/m0/s1. The lowest BCUT2D eigenvalue weighted by molar-refractivity contribution is -0.144. The van der Waals surface area contributed by atoms with Gasteiger partial charge in [-0.25, -0.2) is 18.3 Å². The van der Waals surface area contributed by atoms with Crippen LogP contribution in [0.25, 0.3) is 5.65 Å². The summed E-state index contributed by atoms with van der Waals surface area (Å²) in [5.41, 5.74) is 7.55. The van der Waals surface area contributed by atoms with Gasteiger partial charge < -0.3 is 15.6 Å². The van der Waals surface area contributed by atoms with E-state index in [1.807, 2.05) is 13.8 Å². The van der Waals surface area contributed by atoms with Gasteiger partial charge in [-0.1, -0.05) is 19.0 Å². The van der Waals surface area contributed by atoms with Crippen molar-refractivity contribution in [2.45, 2.75) is 95.2 Å². The quantitative estimate of drug-likeness (QED) is 0.285. The summed E-state index contributed by atoms with van der Waals surface area (Å²) in [7, 11) is 0. The first-order chi connectivity index (χ1) is 19.7. The smallest absolute Gasteiger partial charge is 0.364 e. The molecule has 0 bridgehead atoms. The van der Waals surface area contributed by atoms with Gasteiger partial charge in [0, 0.05) is 24.8 Å². The molecule has 2 fully saturated rings. The molecular formula is C28H33F5N6O3. The number of nitrogens with zero attached hydrogens (tertiary/aromatic N) is 4. The molecule has 2 aliphatic carbocycles. The van der Waals surface area contributed by atoms with Crippen molar-refractivity contribution >= 4 is 17.5 Å². The number of rotatable bonds is 10. The second-order valence-electron chi connectivity index (χ2n) is 11.8. The number of carbonyl (C=O) groups is 2. The normalized spacial score (nSPS) is 19.2. The molecule has 2 atom stereocenters. The fourth-order valence-electron chi connectivity index (χ4n) is 5.89. The maximum absolute atomic E-state index is 14.1. The van der Waals surface area contributed by atoms with Crippen molar-refractivity contribution in [3.8, 4) is 0 Å². The van der Waals surface area contributed by atoms with E-state index in [4.69, 9.17) is 15.2 Å². The zero-order valence-electron chi connectivity index (χ0n) is 23.3. The van der Waals surface area contributed by atoms with Crippen LogP contribution in [0.15, 0.2) is 23.0 Å². The van der Waals surface area contributed by atoms with E-state index in [-0.39, 0.29) is 49.1 Å². The van der Waals surface area contributed by atoms with E-state index >= 15 is 0 Å². The third kappa shape index (κ3) is 6.57. The lowest BCUT2D eigenvalue weighted by Crippen LogP contribution is -2.30. The van der Waals surface area contributed by atoms with E-state index in [1.54, 1.807) is 18.5 Å². The Labute approximate surface area is 238 Å². The number of hydrogen-bond donors (Lipinski definition) is 2. The molecule has 14 heteroatoms. The van der Waals surface area contributed by atoms with E-state index in [1.165, 1.54) is 4.52 Å².